The standard InChI is InChI=1S/C7H11N3O2/c1-4(2)12-6-3-5(11)9-7(8)10-6/h3-4H,1-2H3,(H3,8,9,10,11). The van der Waals surface area contributed by atoms with Crippen molar-refractivity contribution < 1.29 is 4.74 Å². The van der Waals surface area contributed by atoms with Gasteiger partial charge in [0.05, 0.1) is 12.2 Å². The van der Waals surface area contributed by atoms with E-state index in [4.69, 9.17) is 10.5 Å². The van der Waals surface area contributed by atoms with Gasteiger partial charge < -0.3 is 10.5 Å². The molecule has 0 spiro atoms. The van der Waals surface area contributed by atoms with Crippen LogP contribution in [0.25, 0.3) is 0 Å². The molecule has 0 radical (unpaired) electrons. The molecule has 0 saturated carbocycles. The van der Waals surface area contributed by atoms with Gasteiger partial charge in [-0.2, -0.15) is 4.98 Å². The molecule has 0 aliphatic carbocycles. The number of hydrogen-bond acceptors (Lipinski definition) is 4. The summed E-state index contributed by atoms with van der Waals surface area (Å²) in [5.41, 5.74) is 4.98. The first-order valence-electron chi connectivity index (χ1n) is 3.61. The normalized spacial score (nSPS) is 10.2. The molecule has 5 nitrogen and oxygen atoms in total. The average molecular weight is 169 g/mol. The Balaban J connectivity index is 2.93. The van der Waals surface area contributed by atoms with Crippen LogP contribution in [0.15, 0.2) is 10.9 Å². The summed E-state index contributed by atoms with van der Waals surface area (Å²) in [7, 11) is 0. The van der Waals surface area contributed by atoms with E-state index >= 15 is 0 Å². The molecule has 1 aromatic heterocycles. The quantitative estimate of drug-likeness (QED) is 0.659. The second-order valence-electron chi connectivity index (χ2n) is 2.64. The summed E-state index contributed by atoms with van der Waals surface area (Å²) in [6.07, 6.45) is -0.0151. The number of nitrogen functional groups attached to an aromatic ring is 1. The number of H-pyrrole nitrogens is 1. The number of rotatable bonds is 2. The van der Waals surface area contributed by atoms with Crippen molar-refractivity contribution in [2.24, 2.45) is 0 Å². The van der Waals surface area contributed by atoms with Crippen molar-refractivity contribution in [2.75, 3.05) is 5.73 Å². The molecular formula is C7H11N3O2. The summed E-state index contributed by atoms with van der Waals surface area (Å²) in [6.45, 7) is 3.69. The molecule has 0 unspecified atom stereocenters. The van der Waals surface area contributed by atoms with Crippen LogP contribution in [-0.2, 0) is 0 Å². The fraction of sp³-hybridized carbons (Fsp3) is 0.429. The molecule has 0 fully saturated rings. The fourth-order valence-corrected chi connectivity index (χ4v) is 0.755. The SMILES string of the molecule is CC(C)Oc1cc(=O)[nH]c(N)n1. The van der Waals surface area contributed by atoms with Crippen LogP contribution < -0.4 is 16.0 Å². The molecule has 66 valence electrons. The van der Waals surface area contributed by atoms with Crippen LogP contribution in [-0.4, -0.2) is 16.1 Å². The minimum Gasteiger partial charge on any atom is -0.475 e. The number of ether oxygens (including phenoxy) is 1. The summed E-state index contributed by atoms with van der Waals surface area (Å²) in [5.74, 6) is 0.324. The molecule has 0 bridgehead atoms. The van der Waals surface area contributed by atoms with E-state index in [2.05, 4.69) is 9.97 Å². The maximum absolute atomic E-state index is 10.8. The number of aromatic nitrogens is 2. The van der Waals surface area contributed by atoms with Crippen molar-refractivity contribution in [3.8, 4) is 5.88 Å². The van der Waals surface area contributed by atoms with Crippen molar-refractivity contribution in [3.63, 3.8) is 0 Å². The van der Waals surface area contributed by atoms with Crippen molar-refractivity contribution in [1.82, 2.24) is 9.97 Å². The Morgan fingerprint density at radius 1 is 1.67 bits per heavy atom. The van der Waals surface area contributed by atoms with Crippen LogP contribution in [0.4, 0.5) is 5.95 Å². The lowest BCUT2D eigenvalue weighted by molar-refractivity contribution is 0.232. The van der Waals surface area contributed by atoms with E-state index in [9.17, 15) is 4.79 Å². The van der Waals surface area contributed by atoms with E-state index in [0.29, 0.717) is 0 Å². The molecule has 0 aromatic carbocycles. The van der Waals surface area contributed by atoms with Crippen LogP contribution in [0.3, 0.4) is 0 Å². The van der Waals surface area contributed by atoms with Gasteiger partial charge in [-0.1, -0.05) is 0 Å². The minimum atomic E-state index is -0.307. The fourth-order valence-electron chi connectivity index (χ4n) is 0.755. The van der Waals surface area contributed by atoms with E-state index in [-0.39, 0.29) is 23.5 Å². The highest BCUT2D eigenvalue weighted by Crippen LogP contribution is 2.04. The van der Waals surface area contributed by atoms with Crippen LogP contribution >= 0.6 is 0 Å². The summed E-state index contributed by atoms with van der Waals surface area (Å²) < 4.78 is 5.16. The maximum Gasteiger partial charge on any atom is 0.256 e. The number of hydrogen-bond donors (Lipinski definition) is 2. The molecular weight excluding hydrogens is 158 g/mol. The van der Waals surface area contributed by atoms with Gasteiger partial charge in [-0.15, -0.1) is 0 Å². The second-order valence-corrected chi connectivity index (χ2v) is 2.64. The number of anilines is 1. The van der Waals surface area contributed by atoms with Crippen LogP contribution in [0.5, 0.6) is 5.88 Å². The topological polar surface area (TPSA) is 81.0 Å². The smallest absolute Gasteiger partial charge is 0.256 e. The average Bonchev–Trinajstić information content (AvgIpc) is 1.81. The molecule has 0 amide bonds. The van der Waals surface area contributed by atoms with Crippen molar-refractivity contribution in [3.05, 3.63) is 16.4 Å². The first-order chi connectivity index (χ1) is 5.58. The van der Waals surface area contributed by atoms with Gasteiger partial charge >= 0.3 is 0 Å². The van der Waals surface area contributed by atoms with E-state index in [1.807, 2.05) is 13.8 Å². The van der Waals surface area contributed by atoms with Gasteiger partial charge in [0, 0.05) is 0 Å². The number of aromatic amines is 1. The second kappa shape index (κ2) is 3.25. The first kappa shape index (κ1) is 8.58. The lowest BCUT2D eigenvalue weighted by Crippen LogP contribution is -2.14. The number of nitrogens with zero attached hydrogens (tertiary/aromatic N) is 1. The van der Waals surface area contributed by atoms with E-state index in [1.54, 1.807) is 0 Å². The Labute approximate surface area is 69.6 Å². The highest BCUT2D eigenvalue weighted by molar-refractivity contribution is 5.20. The van der Waals surface area contributed by atoms with Gasteiger partial charge in [0.2, 0.25) is 11.8 Å². The zero-order chi connectivity index (χ0) is 9.14. The molecule has 0 atom stereocenters. The Morgan fingerprint density at radius 2 is 2.33 bits per heavy atom. The van der Waals surface area contributed by atoms with E-state index in [1.165, 1.54) is 6.07 Å². The van der Waals surface area contributed by atoms with Gasteiger partial charge in [-0.05, 0) is 13.8 Å². The largest absolute Gasteiger partial charge is 0.475 e. The molecule has 3 N–H and O–H groups in total. The molecule has 12 heavy (non-hydrogen) atoms. The number of nitrogens with two attached hydrogens (primary N) is 1. The molecule has 5 heteroatoms. The summed E-state index contributed by atoms with van der Waals surface area (Å²) in [5, 5.41) is 0. The van der Waals surface area contributed by atoms with Gasteiger partial charge in [-0.3, -0.25) is 9.78 Å². The van der Waals surface area contributed by atoms with E-state index < -0.39 is 0 Å². The highest BCUT2D eigenvalue weighted by Gasteiger charge is 2.00. The maximum atomic E-state index is 10.8. The van der Waals surface area contributed by atoms with Crippen molar-refractivity contribution in [2.45, 2.75) is 20.0 Å². The predicted octanol–water partition coefficient (Wildman–Crippen LogP) is 0.139. The first-order valence-corrected chi connectivity index (χ1v) is 3.61. The monoisotopic (exact) mass is 169 g/mol. The molecule has 0 saturated heterocycles. The highest BCUT2D eigenvalue weighted by atomic mass is 16.5. The van der Waals surface area contributed by atoms with Crippen LogP contribution in [0, 0.1) is 0 Å². The van der Waals surface area contributed by atoms with Crippen LogP contribution in [0.2, 0.25) is 0 Å². The molecule has 0 aliphatic rings. The minimum absolute atomic E-state index is 0.0151. The Hall–Kier alpha value is -1.52. The van der Waals surface area contributed by atoms with Gasteiger partial charge in [-0.25, -0.2) is 0 Å². The number of nitrogens with one attached hydrogen (secondary N) is 1. The third-order valence-corrected chi connectivity index (χ3v) is 1.09. The Bertz CT molecular complexity index is 319. The zero-order valence-electron chi connectivity index (χ0n) is 7.00. The molecule has 0 aliphatic heterocycles. The third kappa shape index (κ3) is 2.26. The summed E-state index contributed by atoms with van der Waals surface area (Å²) >= 11 is 0. The zero-order valence-corrected chi connectivity index (χ0v) is 7.00. The summed E-state index contributed by atoms with van der Waals surface area (Å²) in [6, 6.07) is 1.26. The van der Waals surface area contributed by atoms with Crippen LogP contribution in [0.1, 0.15) is 13.8 Å². The molecule has 1 aromatic rings. The summed E-state index contributed by atoms with van der Waals surface area (Å²) in [4.78, 5) is 16.9. The van der Waals surface area contributed by atoms with Crippen molar-refractivity contribution in [1.29, 1.82) is 0 Å². The predicted molar refractivity (Wildman–Crippen MR) is 45.0 cm³/mol. The van der Waals surface area contributed by atoms with Gasteiger partial charge in [0.25, 0.3) is 5.56 Å². The lowest BCUT2D eigenvalue weighted by Gasteiger charge is -2.07. The van der Waals surface area contributed by atoms with E-state index in [0.717, 1.165) is 0 Å². The molecule has 1 rings (SSSR count). The van der Waals surface area contributed by atoms with Gasteiger partial charge in [0.15, 0.2) is 0 Å². The lowest BCUT2D eigenvalue weighted by atomic mass is 10.5. The van der Waals surface area contributed by atoms with Gasteiger partial charge in [0.1, 0.15) is 0 Å². The van der Waals surface area contributed by atoms with Crippen molar-refractivity contribution >= 4 is 5.95 Å². The third-order valence-electron chi connectivity index (χ3n) is 1.09. The molecule has 1 heterocycles. The Morgan fingerprint density at radius 3 is 2.83 bits per heavy atom. The Kier molecular flexibility index (Phi) is 2.32.